The second kappa shape index (κ2) is 8.73. The van der Waals surface area contributed by atoms with Gasteiger partial charge in [0.15, 0.2) is 0 Å². The third-order valence-electron chi connectivity index (χ3n) is 5.99. The Hall–Kier alpha value is -1.80. The van der Waals surface area contributed by atoms with Crippen LogP contribution in [0.2, 0.25) is 0 Å². The molecule has 138 valence electrons. The van der Waals surface area contributed by atoms with Crippen molar-refractivity contribution in [3.8, 4) is 5.75 Å². The van der Waals surface area contributed by atoms with Gasteiger partial charge in [0, 0.05) is 6.54 Å². The lowest BCUT2D eigenvalue weighted by Gasteiger charge is -2.26. The minimum Gasteiger partial charge on any atom is -0.489 e. The van der Waals surface area contributed by atoms with Crippen LogP contribution in [0.1, 0.15) is 67.6 Å². The van der Waals surface area contributed by atoms with E-state index in [0.29, 0.717) is 6.61 Å². The van der Waals surface area contributed by atoms with Crippen molar-refractivity contribution in [1.82, 2.24) is 4.90 Å². The summed E-state index contributed by atoms with van der Waals surface area (Å²) in [5.74, 6) is 1.75. The Morgan fingerprint density at radius 1 is 0.731 bits per heavy atom. The highest BCUT2D eigenvalue weighted by Gasteiger charge is 2.16. The highest BCUT2D eigenvalue weighted by atomic mass is 16.5. The third-order valence-corrected chi connectivity index (χ3v) is 5.99. The van der Waals surface area contributed by atoms with E-state index in [4.69, 9.17) is 4.74 Å². The van der Waals surface area contributed by atoms with Gasteiger partial charge in [0.1, 0.15) is 12.4 Å². The van der Waals surface area contributed by atoms with Crippen molar-refractivity contribution in [2.45, 2.75) is 64.0 Å². The first-order chi connectivity index (χ1) is 12.9. The van der Waals surface area contributed by atoms with Gasteiger partial charge >= 0.3 is 0 Å². The van der Waals surface area contributed by atoms with Crippen LogP contribution in [0.5, 0.6) is 5.75 Å². The topological polar surface area (TPSA) is 12.5 Å². The summed E-state index contributed by atoms with van der Waals surface area (Å²) < 4.78 is 5.99. The van der Waals surface area contributed by atoms with Crippen LogP contribution in [-0.4, -0.2) is 18.0 Å². The lowest BCUT2D eigenvalue weighted by molar-refractivity contribution is 0.221. The average Bonchev–Trinajstić information content (AvgIpc) is 3.24. The predicted octanol–water partition coefficient (Wildman–Crippen LogP) is 5.91. The molecule has 1 aliphatic carbocycles. The van der Waals surface area contributed by atoms with Gasteiger partial charge in [-0.15, -0.1) is 0 Å². The third kappa shape index (κ3) is 4.67. The molecule has 1 saturated heterocycles. The van der Waals surface area contributed by atoms with E-state index >= 15 is 0 Å². The van der Waals surface area contributed by atoms with Crippen LogP contribution in [-0.2, 0) is 13.2 Å². The maximum absolute atomic E-state index is 5.99. The van der Waals surface area contributed by atoms with E-state index in [-0.39, 0.29) is 0 Å². The van der Waals surface area contributed by atoms with Gasteiger partial charge < -0.3 is 4.74 Å². The van der Waals surface area contributed by atoms with Crippen LogP contribution in [0, 0.1) is 0 Å². The number of piperidine rings is 1. The van der Waals surface area contributed by atoms with Crippen molar-refractivity contribution in [1.29, 1.82) is 0 Å². The Morgan fingerprint density at radius 3 is 2.08 bits per heavy atom. The molecule has 0 unspecified atom stereocenters. The average molecular weight is 350 g/mol. The SMILES string of the molecule is c1cc(CN2CCCCC2)ccc1COc1ccc(C2CCCC2)cc1. The molecule has 0 atom stereocenters. The quantitative estimate of drug-likeness (QED) is 0.643. The highest BCUT2D eigenvalue weighted by Crippen LogP contribution is 2.34. The van der Waals surface area contributed by atoms with Gasteiger partial charge in [-0.3, -0.25) is 4.90 Å². The number of nitrogens with zero attached hydrogens (tertiary/aromatic N) is 1. The zero-order valence-electron chi connectivity index (χ0n) is 15.8. The summed E-state index contributed by atoms with van der Waals surface area (Å²) in [5, 5.41) is 0. The fourth-order valence-electron chi connectivity index (χ4n) is 4.38. The van der Waals surface area contributed by atoms with Gasteiger partial charge in [-0.2, -0.15) is 0 Å². The highest BCUT2D eigenvalue weighted by molar-refractivity contribution is 5.30. The number of hydrogen-bond donors (Lipinski definition) is 0. The van der Waals surface area contributed by atoms with E-state index in [1.807, 2.05) is 0 Å². The second-order valence-corrected chi connectivity index (χ2v) is 7.99. The molecule has 0 radical (unpaired) electrons. The molecule has 1 aliphatic heterocycles. The summed E-state index contributed by atoms with van der Waals surface area (Å²) in [4.78, 5) is 2.57. The maximum Gasteiger partial charge on any atom is 0.119 e. The smallest absolute Gasteiger partial charge is 0.119 e. The Morgan fingerprint density at radius 2 is 1.38 bits per heavy atom. The van der Waals surface area contributed by atoms with Gasteiger partial charge in [0.2, 0.25) is 0 Å². The van der Waals surface area contributed by atoms with Crippen LogP contribution in [0.4, 0.5) is 0 Å². The molecule has 26 heavy (non-hydrogen) atoms. The first-order valence-corrected chi connectivity index (χ1v) is 10.4. The summed E-state index contributed by atoms with van der Waals surface area (Å²) >= 11 is 0. The van der Waals surface area contributed by atoms with Crippen LogP contribution in [0.3, 0.4) is 0 Å². The summed E-state index contributed by atoms with van der Waals surface area (Å²) in [5.41, 5.74) is 4.14. The number of rotatable bonds is 6. The van der Waals surface area contributed by atoms with Crippen LogP contribution in [0.25, 0.3) is 0 Å². The molecule has 2 nitrogen and oxygen atoms in total. The van der Waals surface area contributed by atoms with Crippen molar-refractivity contribution in [2.75, 3.05) is 13.1 Å². The molecule has 4 rings (SSSR count). The van der Waals surface area contributed by atoms with Crippen molar-refractivity contribution in [3.05, 3.63) is 65.2 Å². The Bertz CT molecular complexity index is 664. The molecule has 0 aromatic heterocycles. The standard InChI is InChI=1S/C24H31NO/c1-4-16-25(17-5-1)18-20-8-10-21(11-9-20)19-26-24-14-12-23(13-15-24)22-6-2-3-7-22/h8-15,22H,1-7,16-19H2. The molecule has 2 aromatic carbocycles. The van der Waals surface area contributed by atoms with Gasteiger partial charge in [0.05, 0.1) is 0 Å². The lowest BCUT2D eigenvalue weighted by Crippen LogP contribution is -2.29. The summed E-state index contributed by atoms with van der Waals surface area (Å²) in [6.07, 6.45) is 9.58. The zero-order valence-corrected chi connectivity index (χ0v) is 15.8. The fraction of sp³-hybridized carbons (Fsp3) is 0.500. The number of hydrogen-bond acceptors (Lipinski definition) is 2. The minimum atomic E-state index is 0.646. The van der Waals surface area contributed by atoms with Crippen LogP contribution in [0.15, 0.2) is 48.5 Å². The van der Waals surface area contributed by atoms with E-state index in [0.717, 1.165) is 18.2 Å². The molecule has 0 amide bonds. The minimum absolute atomic E-state index is 0.646. The number of likely N-dealkylation sites (tertiary alicyclic amines) is 1. The normalized spacial score (nSPS) is 18.9. The monoisotopic (exact) mass is 349 g/mol. The summed E-state index contributed by atoms with van der Waals surface area (Å²) in [6, 6.07) is 17.7. The lowest BCUT2D eigenvalue weighted by atomic mass is 9.98. The molecule has 1 heterocycles. The molecule has 2 aromatic rings. The van der Waals surface area contributed by atoms with Gasteiger partial charge in [-0.25, -0.2) is 0 Å². The molecular weight excluding hydrogens is 318 g/mol. The van der Waals surface area contributed by atoms with Gasteiger partial charge in [-0.1, -0.05) is 55.7 Å². The first-order valence-electron chi connectivity index (χ1n) is 10.4. The van der Waals surface area contributed by atoms with E-state index < -0.39 is 0 Å². The zero-order chi connectivity index (χ0) is 17.6. The molecule has 0 spiro atoms. The Labute approximate surface area is 158 Å². The van der Waals surface area contributed by atoms with Gasteiger partial charge in [-0.05, 0) is 73.5 Å². The summed E-state index contributed by atoms with van der Waals surface area (Å²) in [7, 11) is 0. The Balaban J connectivity index is 1.27. The first kappa shape index (κ1) is 17.6. The molecule has 1 saturated carbocycles. The van der Waals surface area contributed by atoms with Crippen molar-refractivity contribution in [2.24, 2.45) is 0 Å². The summed E-state index contributed by atoms with van der Waals surface area (Å²) in [6.45, 7) is 4.24. The second-order valence-electron chi connectivity index (χ2n) is 7.99. The predicted molar refractivity (Wildman–Crippen MR) is 108 cm³/mol. The van der Waals surface area contributed by atoms with Crippen LogP contribution < -0.4 is 4.74 Å². The molecule has 2 aliphatic rings. The van der Waals surface area contributed by atoms with E-state index in [2.05, 4.69) is 53.4 Å². The van der Waals surface area contributed by atoms with Gasteiger partial charge in [0.25, 0.3) is 0 Å². The van der Waals surface area contributed by atoms with Crippen molar-refractivity contribution in [3.63, 3.8) is 0 Å². The molecule has 2 heteroatoms. The van der Waals surface area contributed by atoms with E-state index in [9.17, 15) is 0 Å². The molecule has 2 fully saturated rings. The molecule has 0 bridgehead atoms. The Kier molecular flexibility index (Phi) is 5.91. The van der Waals surface area contributed by atoms with E-state index in [1.165, 1.54) is 74.7 Å². The number of benzene rings is 2. The maximum atomic E-state index is 5.99. The van der Waals surface area contributed by atoms with Crippen molar-refractivity contribution >= 4 is 0 Å². The van der Waals surface area contributed by atoms with Crippen LogP contribution >= 0.6 is 0 Å². The fourth-order valence-corrected chi connectivity index (χ4v) is 4.38. The van der Waals surface area contributed by atoms with E-state index in [1.54, 1.807) is 0 Å². The molecule has 0 N–H and O–H groups in total. The molecular formula is C24H31NO. The van der Waals surface area contributed by atoms with Crippen molar-refractivity contribution < 1.29 is 4.74 Å². The largest absolute Gasteiger partial charge is 0.489 e. The number of ether oxygens (including phenoxy) is 1.